The maximum absolute atomic E-state index is 11.3. The van der Waals surface area contributed by atoms with E-state index < -0.39 is 12.0 Å². The highest BCUT2D eigenvalue weighted by molar-refractivity contribution is 5.75. The molecule has 2 N–H and O–H groups in total. The van der Waals surface area contributed by atoms with E-state index >= 15 is 0 Å². The van der Waals surface area contributed by atoms with Crippen molar-refractivity contribution in [2.45, 2.75) is 12.5 Å². The molecule has 1 atom stereocenters. The van der Waals surface area contributed by atoms with Gasteiger partial charge in [-0.2, -0.15) is 0 Å². The van der Waals surface area contributed by atoms with Crippen LogP contribution < -0.4 is 5.73 Å². The zero-order chi connectivity index (χ0) is 11.1. The second kappa shape index (κ2) is 5.98. The Hall–Kier alpha value is -1.61. The summed E-state index contributed by atoms with van der Waals surface area (Å²) in [5, 5.41) is 0. The van der Waals surface area contributed by atoms with Crippen molar-refractivity contribution in [3.63, 3.8) is 0 Å². The minimum Gasteiger partial charge on any atom is -0.460 e. The van der Waals surface area contributed by atoms with Crippen LogP contribution in [0, 0.1) is 0 Å². The van der Waals surface area contributed by atoms with Crippen LogP contribution >= 0.6 is 0 Å². The normalized spacial score (nSPS) is 11.8. The molecule has 1 aromatic rings. The summed E-state index contributed by atoms with van der Waals surface area (Å²) in [7, 11) is 0. The molecule has 1 aromatic carbocycles. The monoisotopic (exact) mass is 205 g/mol. The van der Waals surface area contributed by atoms with Crippen LogP contribution in [-0.4, -0.2) is 18.6 Å². The van der Waals surface area contributed by atoms with E-state index in [4.69, 9.17) is 10.5 Å². The highest BCUT2D eigenvalue weighted by Gasteiger charge is 2.14. The largest absolute Gasteiger partial charge is 0.460 e. The first-order valence-corrected chi connectivity index (χ1v) is 4.81. The second-order valence-electron chi connectivity index (χ2n) is 3.21. The Kier molecular flexibility index (Phi) is 4.57. The van der Waals surface area contributed by atoms with Gasteiger partial charge in [0.2, 0.25) is 0 Å². The van der Waals surface area contributed by atoms with E-state index in [-0.39, 0.29) is 6.61 Å². The minimum absolute atomic E-state index is 0.210. The highest BCUT2D eigenvalue weighted by Crippen LogP contribution is 2.02. The Bertz CT molecular complexity index is 322. The van der Waals surface area contributed by atoms with E-state index in [0.717, 1.165) is 5.56 Å². The van der Waals surface area contributed by atoms with Crippen LogP contribution in [0.5, 0.6) is 0 Å². The van der Waals surface area contributed by atoms with E-state index in [1.807, 2.05) is 30.3 Å². The van der Waals surface area contributed by atoms with Crippen molar-refractivity contribution in [3.05, 3.63) is 48.6 Å². The van der Waals surface area contributed by atoms with Crippen LogP contribution in [0.3, 0.4) is 0 Å². The summed E-state index contributed by atoms with van der Waals surface area (Å²) < 4.78 is 4.84. The third-order valence-corrected chi connectivity index (χ3v) is 1.94. The van der Waals surface area contributed by atoms with Crippen molar-refractivity contribution in [1.82, 2.24) is 0 Å². The molecule has 1 unspecified atom stereocenters. The summed E-state index contributed by atoms with van der Waals surface area (Å²) in [6.07, 6.45) is 2.02. The number of nitrogens with two attached hydrogens (primary N) is 1. The molecule has 0 aromatic heterocycles. The number of rotatable bonds is 5. The van der Waals surface area contributed by atoms with Gasteiger partial charge in [-0.15, -0.1) is 0 Å². The first-order valence-electron chi connectivity index (χ1n) is 4.81. The molecule has 0 spiro atoms. The van der Waals surface area contributed by atoms with Gasteiger partial charge in [0.05, 0.1) is 0 Å². The van der Waals surface area contributed by atoms with E-state index in [1.165, 1.54) is 6.08 Å². The van der Waals surface area contributed by atoms with Gasteiger partial charge in [-0.3, -0.25) is 4.79 Å². The Morgan fingerprint density at radius 3 is 2.73 bits per heavy atom. The van der Waals surface area contributed by atoms with Gasteiger partial charge < -0.3 is 10.5 Å². The van der Waals surface area contributed by atoms with Crippen molar-refractivity contribution in [2.75, 3.05) is 6.61 Å². The second-order valence-corrected chi connectivity index (χ2v) is 3.21. The van der Waals surface area contributed by atoms with E-state index in [2.05, 4.69) is 6.58 Å². The average Bonchev–Trinajstić information content (AvgIpc) is 2.27. The Balaban J connectivity index is 2.45. The predicted molar refractivity (Wildman–Crippen MR) is 59.3 cm³/mol. The summed E-state index contributed by atoms with van der Waals surface area (Å²) in [5.41, 5.74) is 6.71. The van der Waals surface area contributed by atoms with Gasteiger partial charge in [-0.1, -0.05) is 43.0 Å². The fourth-order valence-electron chi connectivity index (χ4n) is 1.20. The zero-order valence-corrected chi connectivity index (χ0v) is 8.56. The molecule has 1 rings (SSSR count). The van der Waals surface area contributed by atoms with Crippen LogP contribution in [0.4, 0.5) is 0 Å². The molecule has 80 valence electrons. The van der Waals surface area contributed by atoms with E-state index in [0.29, 0.717) is 6.42 Å². The molecule has 0 fully saturated rings. The summed E-state index contributed by atoms with van der Waals surface area (Å²) in [5.74, 6) is -0.390. The first kappa shape index (κ1) is 11.5. The van der Waals surface area contributed by atoms with E-state index in [9.17, 15) is 4.79 Å². The summed E-state index contributed by atoms with van der Waals surface area (Å²) >= 11 is 0. The minimum atomic E-state index is -0.604. The smallest absolute Gasteiger partial charge is 0.323 e. The van der Waals surface area contributed by atoms with E-state index in [1.54, 1.807) is 0 Å². The molecular weight excluding hydrogens is 190 g/mol. The molecule has 0 saturated heterocycles. The van der Waals surface area contributed by atoms with Crippen molar-refractivity contribution >= 4 is 5.97 Å². The van der Waals surface area contributed by atoms with Crippen molar-refractivity contribution < 1.29 is 9.53 Å². The molecule has 3 nitrogen and oxygen atoms in total. The van der Waals surface area contributed by atoms with Gasteiger partial charge in [0, 0.05) is 0 Å². The number of ether oxygens (including phenoxy) is 1. The van der Waals surface area contributed by atoms with Crippen molar-refractivity contribution in [3.8, 4) is 0 Å². The molecular formula is C12H15NO2. The molecule has 0 heterocycles. The fourth-order valence-corrected chi connectivity index (χ4v) is 1.20. The van der Waals surface area contributed by atoms with Crippen LogP contribution in [0.15, 0.2) is 43.0 Å². The number of carbonyl (C=O) groups is 1. The maximum atomic E-state index is 11.3. The average molecular weight is 205 g/mol. The third-order valence-electron chi connectivity index (χ3n) is 1.94. The molecule has 0 aliphatic rings. The molecule has 3 heteroatoms. The lowest BCUT2D eigenvalue weighted by atomic mass is 10.1. The standard InChI is InChI=1S/C12H15NO2/c1-2-8-15-12(14)11(13)9-10-6-4-3-5-7-10/h2-7,11H,1,8-9,13H2. The van der Waals surface area contributed by atoms with Crippen LogP contribution in [0.2, 0.25) is 0 Å². The van der Waals surface area contributed by atoms with Gasteiger partial charge >= 0.3 is 5.97 Å². The van der Waals surface area contributed by atoms with Gasteiger partial charge in [-0.05, 0) is 12.0 Å². The lowest BCUT2D eigenvalue weighted by Gasteiger charge is -2.10. The Morgan fingerprint density at radius 1 is 1.47 bits per heavy atom. The molecule has 0 aliphatic carbocycles. The van der Waals surface area contributed by atoms with Gasteiger partial charge in [0.25, 0.3) is 0 Å². The van der Waals surface area contributed by atoms with Crippen LogP contribution in [-0.2, 0) is 16.0 Å². The lowest BCUT2D eigenvalue weighted by Crippen LogP contribution is -2.34. The van der Waals surface area contributed by atoms with Gasteiger partial charge in [-0.25, -0.2) is 0 Å². The van der Waals surface area contributed by atoms with Crippen molar-refractivity contribution in [2.24, 2.45) is 5.73 Å². The zero-order valence-electron chi connectivity index (χ0n) is 8.56. The summed E-state index contributed by atoms with van der Waals surface area (Å²) in [4.78, 5) is 11.3. The molecule has 0 amide bonds. The number of benzene rings is 1. The highest BCUT2D eigenvalue weighted by atomic mass is 16.5. The lowest BCUT2D eigenvalue weighted by molar-refractivity contribution is -0.143. The van der Waals surface area contributed by atoms with Crippen LogP contribution in [0.25, 0.3) is 0 Å². The molecule has 0 aliphatic heterocycles. The summed E-state index contributed by atoms with van der Waals surface area (Å²) in [6, 6.07) is 9.01. The molecule has 0 bridgehead atoms. The summed E-state index contributed by atoms with van der Waals surface area (Å²) in [6.45, 7) is 3.67. The third kappa shape index (κ3) is 3.95. The first-order chi connectivity index (χ1) is 7.24. The fraction of sp³-hybridized carbons (Fsp3) is 0.250. The molecule has 0 saturated carbocycles. The molecule has 0 radical (unpaired) electrons. The SMILES string of the molecule is C=CCOC(=O)C(N)Cc1ccccc1. The quantitative estimate of drug-likeness (QED) is 0.582. The number of esters is 1. The van der Waals surface area contributed by atoms with Gasteiger partial charge in [0.15, 0.2) is 0 Å². The topological polar surface area (TPSA) is 52.3 Å². The Labute approximate surface area is 89.5 Å². The van der Waals surface area contributed by atoms with Gasteiger partial charge in [0.1, 0.15) is 12.6 Å². The predicted octanol–water partition coefficient (Wildman–Crippen LogP) is 1.29. The van der Waals surface area contributed by atoms with Crippen molar-refractivity contribution in [1.29, 1.82) is 0 Å². The maximum Gasteiger partial charge on any atom is 0.323 e. The number of hydrogen-bond acceptors (Lipinski definition) is 3. The Morgan fingerprint density at radius 2 is 2.13 bits per heavy atom. The number of carbonyl (C=O) groups excluding carboxylic acids is 1. The number of hydrogen-bond donors (Lipinski definition) is 1. The molecule has 15 heavy (non-hydrogen) atoms. The van der Waals surface area contributed by atoms with Crippen LogP contribution in [0.1, 0.15) is 5.56 Å².